The van der Waals surface area contributed by atoms with Gasteiger partial charge in [0.25, 0.3) is 0 Å². The number of hydrogen-bond acceptors (Lipinski definition) is 3. The minimum atomic E-state index is -0.578. The maximum absolute atomic E-state index is 12.7. The van der Waals surface area contributed by atoms with E-state index >= 15 is 0 Å². The SMILES string of the molecule is O=C(CCc1ccccc1)N1C[C@H](O)[C@@]2(C1)[C@H](CO)[C@H]2c1ccccc1. The molecule has 1 aliphatic carbocycles. The molecular formula is C22H25NO3. The molecule has 1 spiro atoms. The number of likely N-dealkylation sites (tertiary alicyclic amines) is 1. The van der Waals surface area contributed by atoms with Crippen molar-refractivity contribution in [3.63, 3.8) is 0 Å². The summed E-state index contributed by atoms with van der Waals surface area (Å²) in [6.45, 7) is 0.947. The molecular weight excluding hydrogens is 326 g/mol. The molecule has 1 saturated carbocycles. The Kier molecular flexibility index (Phi) is 4.55. The third kappa shape index (κ3) is 2.83. The van der Waals surface area contributed by atoms with Crippen LogP contribution < -0.4 is 0 Å². The quantitative estimate of drug-likeness (QED) is 0.868. The maximum Gasteiger partial charge on any atom is 0.223 e. The number of carbonyl (C=O) groups excluding carboxylic acids is 1. The van der Waals surface area contributed by atoms with Gasteiger partial charge in [-0.15, -0.1) is 0 Å². The normalized spacial score (nSPS) is 29.9. The summed E-state index contributed by atoms with van der Waals surface area (Å²) in [7, 11) is 0. The lowest BCUT2D eigenvalue weighted by atomic mass is 9.95. The molecule has 2 aliphatic rings. The summed E-state index contributed by atoms with van der Waals surface area (Å²) in [5.41, 5.74) is 1.90. The number of amides is 1. The number of aliphatic hydroxyl groups is 2. The van der Waals surface area contributed by atoms with Crippen molar-refractivity contribution in [1.82, 2.24) is 4.90 Å². The second-order valence-electron chi connectivity index (χ2n) is 7.57. The fourth-order valence-electron chi connectivity index (χ4n) is 4.81. The van der Waals surface area contributed by atoms with Crippen LogP contribution in [0.5, 0.6) is 0 Å². The summed E-state index contributed by atoms with van der Waals surface area (Å²) in [5.74, 6) is 0.225. The van der Waals surface area contributed by atoms with Crippen LogP contribution in [-0.4, -0.2) is 46.8 Å². The fourth-order valence-corrected chi connectivity index (χ4v) is 4.81. The lowest BCUT2D eigenvalue weighted by Gasteiger charge is -2.17. The van der Waals surface area contributed by atoms with Gasteiger partial charge in [0.1, 0.15) is 0 Å². The monoisotopic (exact) mass is 351 g/mol. The summed E-state index contributed by atoms with van der Waals surface area (Å²) in [6.07, 6.45) is 0.586. The van der Waals surface area contributed by atoms with Gasteiger partial charge >= 0.3 is 0 Å². The predicted octanol–water partition coefficient (Wildman–Crippen LogP) is 2.21. The molecule has 1 saturated heterocycles. The molecule has 1 aliphatic heterocycles. The number of carbonyl (C=O) groups is 1. The molecule has 2 aromatic carbocycles. The first kappa shape index (κ1) is 17.3. The van der Waals surface area contributed by atoms with Crippen molar-refractivity contribution in [3.05, 3.63) is 71.8 Å². The Hall–Kier alpha value is -2.17. The predicted molar refractivity (Wildman–Crippen MR) is 99.5 cm³/mol. The van der Waals surface area contributed by atoms with Crippen LogP contribution in [0.25, 0.3) is 0 Å². The molecule has 0 bridgehead atoms. The Labute approximate surface area is 154 Å². The third-order valence-corrected chi connectivity index (χ3v) is 6.22. The Balaban J connectivity index is 1.45. The highest BCUT2D eigenvalue weighted by Crippen LogP contribution is 2.68. The van der Waals surface area contributed by atoms with E-state index in [-0.39, 0.29) is 24.3 Å². The van der Waals surface area contributed by atoms with Crippen molar-refractivity contribution in [2.45, 2.75) is 24.9 Å². The summed E-state index contributed by atoms with van der Waals surface area (Å²) >= 11 is 0. The van der Waals surface area contributed by atoms with Crippen molar-refractivity contribution < 1.29 is 15.0 Å². The van der Waals surface area contributed by atoms with Crippen molar-refractivity contribution in [2.24, 2.45) is 11.3 Å². The first-order valence-corrected chi connectivity index (χ1v) is 9.32. The fraction of sp³-hybridized carbons (Fsp3) is 0.409. The van der Waals surface area contributed by atoms with Crippen LogP contribution in [0, 0.1) is 11.3 Å². The maximum atomic E-state index is 12.7. The van der Waals surface area contributed by atoms with Crippen LogP contribution in [0.2, 0.25) is 0 Å². The summed E-state index contributed by atoms with van der Waals surface area (Å²) < 4.78 is 0. The Morgan fingerprint density at radius 2 is 1.73 bits per heavy atom. The van der Waals surface area contributed by atoms with Crippen LogP contribution in [0.1, 0.15) is 23.5 Å². The van der Waals surface area contributed by atoms with Crippen molar-refractivity contribution in [2.75, 3.05) is 19.7 Å². The zero-order chi connectivity index (χ0) is 18.1. The van der Waals surface area contributed by atoms with Crippen molar-refractivity contribution in [3.8, 4) is 0 Å². The summed E-state index contributed by atoms with van der Waals surface area (Å²) in [5, 5.41) is 20.6. The number of nitrogens with zero attached hydrogens (tertiary/aromatic N) is 1. The van der Waals surface area contributed by atoms with Crippen LogP contribution in [0.4, 0.5) is 0 Å². The molecule has 2 N–H and O–H groups in total. The molecule has 4 heteroatoms. The van der Waals surface area contributed by atoms with E-state index < -0.39 is 11.5 Å². The zero-order valence-electron chi connectivity index (χ0n) is 14.8. The number of aliphatic hydroxyl groups excluding tert-OH is 2. The molecule has 0 aromatic heterocycles. The van der Waals surface area contributed by atoms with E-state index in [1.165, 1.54) is 0 Å². The standard InChI is InChI=1S/C22H25NO3/c24-14-18-21(17-9-5-2-6-10-17)22(18)15-23(13-19(22)25)20(26)12-11-16-7-3-1-4-8-16/h1-10,18-19,21,24-25H,11-15H2/t18-,19+,21-,22-/m1/s1. The van der Waals surface area contributed by atoms with Gasteiger partial charge in [0.2, 0.25) is 5.91 Å². The van der Waals surface area contributed by atoms with Crippen LogP contribution in [0.15, 0.2) is 60.7 Å². The highest BCUT2D eigenvalue weighted by atomic mass is 16.3. The number of benzene rings is 2. The second-order valence-corrected chi connectivity index (χ2v) is 7.57. The van der Waals surface area contributed by atoms with Gasteiger partial charge in [-0.2, -0.15) is 0 Å². The summed E-state index contributed by atoms with van der Waals surface area (Å²) in [4.78, 5) is 14.5. The van der Waals surface area contributed by atoms with Crippen molar-refractivity contribution in [1.29, 1.82) is 0 Å². The molecule has 2 fully saturated rings. The molecule has 1 amide bonds. The molecule has 2 aromatic rings. The Morgan fingerprint density at radius 3 is 2.38 bits per heavy atom. The van der Waals surface area contributed by atoms with Gasteiger partial charge in [0.15, 0.2) is 0 Å². The largest absolute Gasteiger partial charge is 0.396 e. The number of aryl methyl sites for hydroxylation is 1. The average Bonchev–Trinajstić information content (AvgIpc) is 3.22. The van der Waals surface area contributed by atoms with E-state index in [0.717, 1.165) is 11.1 Å². The van der Waals surface area contributed by atoms with Gasteiger partial charge in [-0.1, -0.05) is 60.7 Å². The number of β-amino-alcohol motifs (C(OH)–C–C–N with tert-alkyl or cyclic N) is 1. The topological polar surface area (TPSA) is 60.8 Å². The van der Waals surface area contributed by atoms with Gasteiger partial charge < -0.3 is 15.1 Å². The second kappa shape index (κ2) is 6.86. The molecule has 26 heavy (non-hydrogen) atoms. The minimum absolute atomic E-state index is 0.0202. The molecule has 4 rings (SSSR count). The molecule has 1 heterocycles. The lowest BCUT2D eigenvalue weighted by Crippen LogP contribution is -2.29. The van der Waals surface area contributed by atoms with Crippen LogP contribution >= 0.6 is 0 Å². The van der Waals surface area contributed by atoms with Gasteiger partial charge in [0.05, 0.1) is 6.10 Å². The highest BCUT2D eigenvalue weighted by molar-refractivity contribution is 5.77. The zero-order valence-corrected chi connectivity index (χ0v) is 14.8. The number of rotatable bonds is 5. The van der Waals surface area contributed by atoms with Crippen molar-refractivity contribution >= 4 is 5.91 Å². The Bertz CT molecular complexity index is 763. The first-order valence-electron chi connectivity index (χ1n) is 9.32. The molecule has 0 unspecified atom stereocenters. The molecule has 4 nitrogen and oxygen atoms in total. The van der Waals surface area contributed by atoms with E-state index in [0.29, 0.717) is 25.9 Å². The first-order chi connectivity index (χ1) is 12.7. The molecule has 136 valence electrons. The van der Waals surface area contributed by atoms with E-state index in [1.54, 1.807) is 4.90 Å². The van der Waals surface area contributed by atoms with Gasteiger partial charge in [-0.25, -0.2) is 0 Å². The molecule has 0 radical (unpaired) electrons. The van der Waals surface area contributed by atoms with E-state index in [1.807, 2.05) is 48.5 Å². The van der Waals surface area contributed by atoms with E-state index in [4.69, 9.17) is 0 Å². The van der Waals surface area contributed by atoms with E-state index in [2.05, 4.69) is 12.1 Å². The van der Waals surface area contributed by atoms with Crippen LogP contribution in [-0.2, 0) is 11.2 Å². The van der Waals surface area contributed by atoms with Gasteiger partial charge in [-0.3, -0.25) is 4.79 Å². The third-order valence-electron chi connectivity index (χ3n) is 6.22. The summed E-state index contributed by atoms with van der Waals surface area (Å²) in [6, 6.07) is 20.0. The number of hydrogen-bond donors (Lipinski definition) is 2. The van der Waals surface area contributed by atoms with E-state index in [9.17, 15) is 15.0 Å². The molecule has 4 atom stereocenters. The Morgan fingerprint density at radius 1 is 1.08 bits per heavy atom. The smallest absolute Gasteiger partial charge is 0.223 e. The van der Waals surface area contributed by atoms with Crippen LogP contribution in [0.3, 0.4) is 0 Å². The minimum Gasteiger partial charge on any atom is -0.396 e. The lowest BCUT2D eigenvalue weighted by molar-refractivity contribution is -0.130. The van der Waals surface area contributed by atoms with Gasteiger partial charge in [-0.05, 0) is 29.4 Å². The van der Waals surface area contributed by atoms with Gasteiger partial charge in [0, 0.05) is 31.5 Å². The highest BCUT2D eigenvalue weighted by Gasteiger charge is 2.71. The average molecular weight is 351 g/mol.